The van der Waals surface area contributed by atoms with Gasteiger partial charge in [0.2, 0.25) is 0 Å². The summed E-state index contributed by atoms with van der Waals surface area (Å²) in [6.07, 6.45) is 2.34. The van der Waals surface area contributed by atoms with Crippen molar-refractivity contribution in [1.82, 2.24) is 10.2 Å². The minimum atomic E-state index is -0.267. The van der Waals surface area contributed by atoms with E-state index in [9.17, 15) is 4.79 Å². The van der Waals surface area contributed by atoms with Gasteiger partial charge >= 0.3 is 0 Å². The number of amides is 1. The Morgan fingerprint density at radius 3 is 2.42 bits per heavy atom. The number of rotatable bonds is 3. The van der Waals surface area contributed by atoms with Crippen LogP contribution in [0.3, 0.4) is 0 Å². The van der Waals surface area contributed by atoms with E-state index >= 15 is 0 Å². The molecular formula is C14H12ClN3O. The zero-order valence-electron chi connectivity index (χ0n) is 10.1. The molecule has 2 aromatic rings. The van der Waals surface area contributed by atoms with E-state index in [4.69, 9.17) is 11.6 Å². The van der Waals surface area contributed by atoms with Gasteiger partial charge in [-0.15, -0.1) is 5.10 Å². The number of nitrogens with one attached hydrogen (secondary N) is 1. The smallest absolute Gasteiger partial charge is 0.276 e. The van der Waals surface area contributed by atoms with Crippen molar-refractivity contribution < 1.29 is 4.79 Å². The molecule has 1 heterocycles. The van der Waals surface area contributed by atoms with Crippen LogP contribution in [0.4, 0.5) is 5.69 Å². The molecule has 5 heteroatoms. The van der Waals surface area contributed by atoms with Crippen molar-refractivity contribution in [2.24, 2.45) is 0 Å². The second-order valence-corrected chi connectivity index (χ2v) is 5.02. The zero-order valence-corrected chi connectivity index (χ0v) is 10.9. The average molecular weight is 274 g/mol. The van der Waals surface area contributed by atoms with Crippen molar-refractivity contribution >= 4 is 23.2 Å². The van der Waals surface area contributed by atoms with E-state index in [1.54, 1.807) is 30.3 Å². The third-order valence-corrected chi connectivity index (χ3v) is 3.27. The van der Waals surface area contributed by atoms with Crippen LogP contribution in [0.1, 0.15) is 34.9 Å². The Morgan fingerprint density at radius 1 is 1.11 bits per heavy atom. The molecule has 19 heavy (non-hydrogen) atoms. The Kier molecular flexibility index (Phi) is 3.17. The van der Waals surface area contributed by atoms with Crippen LogP contribution in [0, 0.1) is 0 Å². The maximum atomic E-state index is 11.9. The molecule has 1 aliphatic rings. The SMILES string of the molecule is O=C(Nc1ccc(Cl)cc1)c1ccc(C2CC2)nn1. The molecule has 1 N–H and O–H groups in total. The standard InChI is InChI=1S/C14H12ClN3O/c15-10-3-5-11(6-4-10)16-14(19)13-8-7-12(17-18-13)9-1-2-9/h3-9H,1-2H2,(H,16,19). The highest BCUT2D eigenvalue weighted by Crippen LogP contribution is 2.38. The number of hydrogen-bond acceptors (Lipinski definition) is 3. The summed E-state index contributed by atoms with van der Waals surface area (Å²) in [5.74, 6) is 0.276. The van der Waals surface area contributed by atoms with Crippen molar-refractivity contribution in [3.8, 4) is 0 Å². The van der Waals surface area contributed by atoms with Gasteiger partial charge in [0.1, 0.15) is 0 Å². The van der Waals surface area contributed by atoms with Gasteiger partial charge in [-0.3, -0.25) is 4.79 Å². The molecule has 1 aliphatic carbocycles. The topological polar surface area (TPSA) is 54.9 Å². The van der Waals surface area contributed by atoms with Gasteiger partial charge < -0.3 is 5.32 Å². The minimum absolute atomic E-state index is 0.267. The molecule has 96 valence electrons. The highest BCUT2D eigenvalue weighted by Gasteiger charge is 2.25. The van der Waals surface area contributed by atoms with E-state index < -0.39 is 0 Å². The minimum Gasteiger partial charge on any atom is -0.321 e. The number of halogens is 1. The van der Waals surface area contributed by atoms with Crippen molar-refractivity contribution in [3.05, 3.63) is 52.8 Å². The Labute approximate surface area is 115 Å². The molecule has 0 atom stereocenters. The van der Waals surface area contributed by atoms with E-state index in [0.29, 0.717) is 22.3 Å². The summed E-state index contributed by atoms with van der Waals surface area (Å²) in [7, 11) is 0. The van der Waals surface area contributed by atoms with Crippen molar-refractivity contribution in [2.75, 3.05) is 5.32 Å². The molecule has 0 aliphatic heterocycles. The van der Waals surface area contributed by atoms with Crippen LogP contribution < -0.4 is 5.32 Å². The number of aromatic nitrogens is 2. The number of anilines is 1. The molecule has 0 spiro atoms. The Balaban J connectivity index is 1.70. The lowest BCUT2D eigenvalue weighted by atomic mass is 10.2. The lowest BCUT2D eigenvalue weighted by molar-refractivity contribution is 0.102. The second-order valence-electron chi connectivity index (χ2n) is 4.58. The van der Waals surface area contributed by atoms with Gasteiger partial charge in [-0.2, -0.15) is 5.10 Å². The molecule has 1 aromatic carbocycles. The van der Waals surface area contributed by atoms with Crippen LogP contribution in [0.25, 0.3) is 0 Å². The summed E-state index contributed by atoms with van der Waals surface area (Å²) < 4.78 is 0. The molecular weight excluding hydrogens is 262 g/mol. The Hall–Kier alpha value is -1.94. The van der Waals surface area contributed by atoms with Crippen molar-refractivity contribution in [3.63, 3.8) is 0 Å². The van der Waals surface area contributed by atoms with Gasteiger partial charge in [0.05, 0.1) is 5.69 Å². The summed E-state index contributed by atoms with van der Waals surface area (Å²) in [5, 5.41) is 11.4. The molecule has 0 unspecified atom stereocenters. The third kappa shape index (κ3) is 2.90. The number of carbonyl (C=O) groups excluding carboxylic acids is 1. The lowest BCUT2D eigenvalue weighted by Gasteiger charge is -2.04. The van der Waals surface area contributed by atoms with E-state index in [1.807, 2.05) is 6.07 Å². The largest absolute Gasteiger partial charge is 0.321 e. The zero-order chi connectivity index (χ0) is 13.2. The molecule has 0 radical (unpaired) electrons. The summed E-state index contributed by atoms with van der Waals surface area (Å²) in [6, 6.07) is 10.5. The Bertz CT molecular complexity index is 591. The molecule has 4 nitrogen and oxygen atoms in total. The monoisotopic (exact) mass is 273 g/mol. The van der Waals surface area contributed by atoms with E-state index in [2.05, 4.69) is 15.5 Å². The number of benzene rings is 1. The Morgan fingerprint density at radius 2 is 1.84 bits per heavy atom. The van der Waals surface area contributed by atoms with Crippen molar-refractivity contribution in [2.45, 2.75) is 18.8 Å². The average Bonchev–Trinajstić information content (AvgIpc) is 3.26. The first kappa shape index (κ1) is 12.1. The third-order valence-electron chi connectivity index (χ3n) is 3.02. The fraction of sp³-hybridized carbons (Fsp3) is 0.214. The maximum absolute atomic E-state index is 11.9. The maximum Gasteiger partial charge on any atom is 0.276 e. The summed E-state index contributed by atoms with van der Waals surface area (Å²) >= 11 is 5.78. The van der Waals surface area contributed by atoms with Crippen LogP contribution in [-0.2, 0) is 0 Å². The predicted molar refractivity (Wildman–Crippen MR) is 73.4 cm³/mol. The molecule has 0 saturated heterocycles. The summed E-state index contributed by atoms with van der Waals surface area (Å²) in [4.78, 5) is 11.9. The molecule has 1 amide bonds. The first-order valence-corrected chi connectivity index (χ1v) is 6.51. The van der Waals surface area contributed by atoms with Crippen LogP contribution in [0.5, 0.6) is 0 Å². The normalized spacial score (nSPS) is 14.2. The fourth-order valence-corrected chi connectivity index (χ4v) is 1.91. The van der Waals surface area contributed by atoms with E-state index in [1.165, 1.54) is 12.8 Å². The predicted octanol–water partition coefficient (Wildman–Crippen LogP) is 3.26. The van der Waals surface area contributed by atoms with Gasteiger partial charge in [-0.25, -0.2) is 0 Å². The van der Waals surface area contributed by atoms with Crippen LogP contribution >= 0.6 is 11.6 Å². The quantitative estimate of drug-likeness (QED) is 0.934. The summed E-state index contributed by atoms with van der Waals surface area (Å²) in [6.45, 7) is 0. The molecule has 1 aromatic heterocycles. The second kappa shape index (κ2) is 4.97. The van der Waals surface area contributed by atoms with Gasteiger partial charge in [-0.1, -0.05) is 11.6 Å². The molecule has 3 rings (SSSR count). The van der Waals surface area contributed by atoms with Gasteiger partial charge in [0.25, 0.3) is 5.91 Å². The fourth-order valence-electron chi connectivity index (χ4n) is 1.79. The van der Waals surface area contributed by atoms with Gasteiger partial charge in [0.15, 0.2) is 5.69 Å². The molecule has 0 bridgehead atoms. The van der Waals surface area contributed by atoms with Crippen LogP contribution in [0.15, 0.2) is 36.4 Å². The number of nitrogens with zero attached hydrogens (tertiary/aromatic N) is 2. The van der Waals surface area contributed by atoms with Crippen molar-refractivity contribution in [1.29, 1.82) is 0 Å². The highest BCUT2D eigenvalue weighted by atomic mass is 35.5. The van der Waals surface area contributed by atoms with Gasteiger partial charge in [0, 0.05) is 16.6 Å². The highest BCUT2D eigenvalue weighted by molar-refractivity contribution is 6.30. The summed E-state index contributed by atoms with van der Waals surface area (Å²) in [5.41, 5.74) is 1.98. The molecule has 1 fully saturated rings. The first-order chi connectivity index (χ1) is 9.22. The van der Waals surface area contributed by atoms with E-state index in [0.717, 1.165) is 5.69 Å². The number of carbonyl (C=O) groups is 1. The van der Waals surface area contributed by atoms with Crippen LogP contribution in [0.2, 0.25) is 5.02 Å². The first-order valence-electron chi connectivity index (χ1n) is 6.13. The van der Waals surface area contributed by atoms with Gasteiger partial charge in [-0.05, 0) is 49.2 Å². The molecule has 1 saturated carbocycles. The van der Waals surface area contributed by atoms with Crippen LogP contribution in [-0.4, -0.2) is 16.1 Å². The van der Waals surface area contributed by atoms with E-state index in [-0.39, 0.29) is 5.91 Å². The lowest BCUT2D eigenvalue weighted by Crippen LogP contribution is -2.14. The number of hydrogen-bond donors (Lipinski definition) is 1.